The lowest BCUT2D eigenvalue weighted by Crippen LogP contribution is -2.29. The molecule has 0 saturated carbocycles. The van der Waals surface area contributed by atoms with Crippen molar-refractivity contribution in [1.82, 2.24) is 9.97 Å². The molecule has 0 aliphatic rings. The van der Waals surface area contributed by atoms with Crippen molar-refractivity contribution in [2.45, 2.75) is 0 Å². The van der Waals surface area contributed by atoms with E-state index in [-0.39, 0.29) is 11.0 Å². The van der Waals surface area contributed by atoms with Gasteiger partial charge in [-0.3, -0.25) is 19.7 Å². The molecule has 0 saturated heterocycles. The van der Waals surface area contributed by atoms with E-state index in [0.29, 0.717) is 0 Å². The molecule has 0 aliphatic heterocycles. The minimum atomic E-state index is -1.50. The molecule has 0 spiro atoms. The molecule has 2 rings (SSSR count). The van der Waals surface area contributed by atoms with Crippen molar-refractivity contribution in [2.75, 3.05) is 0 Å². The summed E-state index contributed by atoms with van der Waals surface area (Å²) >= 11 is 0. The average Bonchev–Trinajstić information content (AvgIpc) is 2.28. The maximum Gasteiger partial charge on any atom is 0.342 e. The van der Waals surface area contributed by atoms with Gasteiger partial charge in [-0.25, -0.2) is 4.79 Å². The number of nitro benzene ring substituents is 1. The second-order valence-electron chi connectivity index (χ2n) is 3.39. The highest BCUT2D eigenvalue weighted by atomic mass is 16.6. The van der Waals surface area contributed by atoms with Gasteiger partial charge in [-0.05, 0) is 6.07 Å². The van der Waals surface area contributed by atoms with E-state index < -0.39 is 33.3 Å². The standard InChI is InChI=1S/C9H5N3O6/c13-7-8(14)11-5-2-6(12(17)18)3(9(15)16)1-4(5)10-7/h1-2H,(H,10,13)(H,11,14)(H,15,16). The summed E-state index contributed by atoms with van der Waals surface area (Å²) in [5.74, 6) is -1.50. The fourth-order valence-corrected chi connectivity index (χ4v) is 1.48. The van der Waals surface area contributed by atoms with Crippen LogP contribution in [0.3, 0.4) is 0 Å². The molecule has 0 aliphatic carbocycles. The highest BCUT2D eigenvalue weighted by Crippen LogP contribution is 2.22. The summed E-state index contributed by atoms with van der Waals surface area (Å²) < 4.78 is 0. The molecule has 0 amide bonds. The van der Waals surface area contributed by atoms with Crippen LogP contribution in [0.2, 0.25) is 0 Å². The maximum atomic E-state index is 11.1. The number of aromatic amines is 2. The van der Waals surface area contributed by atoms with Crippen LogP contribution >= 0.6 is 0 Å². The Hall–Kier alpha value is -2.97. The van der Waals surface area contributed by atoms with Gasteiger partial charge in [-0.15, -0.1) is 0 Å². The molecule has 0 atom stereocenters. The van der Waals surface area contributed by atoms with Gasteiger partial charge in [-0.2, -0.15) is 0 Å². The van der Waals surface area contributed by atoms with Crippen LogP contribution in [0.4, 0.5) is 5.69 Å². The van der Waals surface area contributed by atoms with Gasteiger partial charge in [0.1, 0.15) is 5.56 Å². The normalized spacial score (nSPS) is 10.4. The number of nitrogens with one attached hydrogen (secondary N) is 2. The van der Waals surface area contributed by atoms with Gasteiger partial charge in [0.2, 0.25) is 0 Å². The number of rotatable bonds is 2. The summed E-state index contributed by atoms with van der Waals surface area (Å²) in [5.41, 5.74) is -3.20. The summed E-state index contributed by atoms with van der Waals surface area (Å²) in [6.45, 7) is 0. The third-order valence-electron chi connectivity index (χ3n) is 2.27. The first-order chi connectivity index (χ1) is 8.40. The number of carboxylic acid groups (broad SMARTS) is 1. The number of nitro groups is 1. The van der Waals surface area contributed by atoms with E-state index >= 15 is 0 Å². The number of carbonyl (C=O) groups is 1. The number of fused-ring (bicyclic) bond motifs is 1. The molecule has 1 aromatic carbocycles. The third kappa shape index (κ3) is 1.73. The van der Waals surface area contributed by atoms with Crippen molar-refractivity contribution in [2.24, 2.45) is 0 Å². The number of aromatic nitrogens is 2. The van der Waals surface area contributed by atoms with E-state index in [4.69, 9.17) is 5.11 Å². The molecule has 1 heterocycles. The van der Waals surface area contributed by atoms with Crippen LogP contribution in [0.5, 0.6) is 0 Å². The van der Waals surface area contributed by atoms with Crippen molar-refractivity contribution < 1.29 is 14.8 Å². The lowest BCUT2D eigenvalue weighted by atomic mass is 10.1. The Morgan fingerprint density at radius 3 is 2.11 bits per heavy atom. The van der Waals surface area contributed by atoms with Gasteiger partial charge in [-0.1, -0.05) is 0 Å². The van der Waals surface area contributed by atoms with Crippen molar-refractivity contribution >= 4 is 22.7 Å². The van der Waals surface area contributed by atoms with Crippen LogP contribution in [0.1, 0.15) is 10.4 Å². The van der Waals surface area contributed by atoms with E-state index in [1.807, 2.05) is 0 Å². The second-order valence-corrected chi connectivity index (χ2v) is 3.39. The van der Waals surface area contributed by atoms with E-state index in [9.17, 15) is 24.5 Å². The first kappa shape index (κ1) is 11.5. The molecular weight excluding hydrogens is 246 g/mol. The quantitative estimate of drug-likeness (QED) is 0.383. The Bertz CT molecular complexity index is 720. The number of aromatic carboxylic acids is 1. The van der Waals surface area contributed by atoms with Gasteiger partial charge in [0, 0.05) is 6.07 Å². The largest absolute Gasteiger partial charge is 0.477 e. The molecule has 9 heteroatoms. The Morgan fingerprint density at radius 2 is 1.67 bits per heavy atom. The van der Waals surface area contributed by atoms with Crippen LogP contribution in [0.15, 0.2) is 21.7 Å². The number of hydrogen-bond acceptors (Lipinski definition) is 5. The molecular formula is C9H5N3O6. The second kappa shape index (κ2) is 3.80. The highest BCUT2D eigenvalue weighted by Gasteiger charge is 2.21. The van der Waals surface area contributed by atoms with Crippen molar-refractivity contribution in [3.63, 3.8) is 0 Å². The molecule has 1 aromatic heterocycles. The molecule has 92 valence electrons. The van der Waals surface area contributed by atoms with E-state index in [1.165, 1.54) is 0 Å². The Labute approximate surface area is 96.8 Å². The van der Waals surface area contributed by atoms with Crippen LogP contribution in [0.25, 0.3) is 11.0 Å². The topological polar surface area (TPSA) is 146 Å². The number of hydrogen-bond donors (Lipinski definition) is 3. The summed E-state index contributed by atoms with van der Waals surface area (Å²) in [6, 6.07) is 1.81. The molecule has 9 nitrogen and oxygen atoms in total. The van der Waals surface area contributed by atoms with Gasteiger partial charge < -0.3 is 15.1 Å². The van der Waals surface area contributed by atoms with Crippen LogP contribution < -0.4 is 11.1 Å². The number of H-pyrrole nitrogens is 2. The first-order valence-electron chi connectivity index (χ1n) is 4.58. The summed E-state index contributed by atoms with van der Waals surface area (Å²) in [4.78, 5) is 47.0. The third-order valence-corrected chi connectivity index (χ3v) is 2.27. The van der Waals surface area contributed by atoms with E-state index in [0.717, 1.165) is 12.1 Å². The lowest BCUT2D eigenvalue weighted by molar-refractivity contribution is -0.385. The van der Waals surface area contributed by atoms with Crippen molar-refractivity contribution in [1.29, 1.82) is 0 Å². The predicted molar refractivity (Wildman–Crippen MR) is 58.8 cm³/mol. The first-order valence-corrected chi connectivity index (χ1v) is 4.58. The Morgan fingerprint density at radius 1 is 1.17 bits per heavy atom. The monoisotopic (exact) mass is 251 g/mol. The molecule has 0 radical (unpaired) electrons. The Kier molecular flexibility index (Phi) is 2.43. The number of nitrogens with zero attached hydrogens (tertiary/aromatic N) is 1. The SMILES string of the molecule is O=C(O)c1cc2[nH]c(=O)c(=O)[nH]c2cc1[N+](=O)[O-]. The van der Waals surface area contributed by atoms with Crippen LogP contribution in [0, 0.1) is 10.1 Å². The smallest absolute Gasteiger partial charge is 0.342 e. The summed E-state index contributed by atoms with van der Waals surface area (Å²) in [5, 5.41) is 19.5. The molecule has 2 aromatic rings. The fourth-order valence-electron chi connectivity index (χ4n) is 1.48. The number of carboxylic acids is 1. The lowest BCUT2D eigenvalue weighted by Gasteiger charge is -2.01. The van der Waals surface area contributed by atoms with Gasteiger partial charge in [0.15, 0.2) is 0 Å². The summed E-state index contributed by atoms with van der Waals surface area (Å²) in [6.07, 6.45) is 0. The Balaban J connectivity index is 2.93. The molecule has 3 N–H and O–H groups in total. The van der Waals surface area contributed by atoms with E-state index in [2.05, 4.69) is 9.97 Å². The van der Waals surface area contributed by atoms with Crippen molar-refractivity contribution in [3.05, 3.63) is 48.5 Å². The minimum absolute atomic E-state index is 0.00241. The fraction of sp³-hybridized carbons (Fsp3) is 0. The average molecular weight is 251 g/mol. The minimum Gasteiger partial charge on any atom is -0.477 e. The van der Waals surface area contributed by atoms with Crippen LogP contribution in [-0.2, 0) is 0 Å². The molecule has 18 heavy (non-hydrogen) atoms. The summed E-state index contributed by atoms with van der Waals surface area (Å²) in [7, 11) is 0. The van der Waals surface area contributed by atoms with Crippen molar-refractivity contribution in [3.8, 4) is 0 Å². The zero-order valence-electron chi connectivity index (χ0n) is 8.59. The van der Waals surface area contributed by atoms with Crippen LogP contribution in [-0.4, -0.2) is 26.0 Å². The van der Waals surface area contributed by atoms with Gasteiger partial charge >= 0.3 is 17.1 Å². The maximum absolute atomic E-state index is 11.1. The molecule has 0 unspecified atom stereocenters. The molecule has 0 bridgehead atoms. The van der Waals surface area contributed by atoms with Gasteiger partial charge in [0.25, 0.3) is 5.69 Å². The highest BCUT2D eigenvalue weighted by molar-refractivity contribution is 5.97. The van der Waals surface area contributed by atoms with Gasteiger partial charge in [0.05, 0.1) is 16.0 Å². The van der Waals surface area contributed by atoms with E-state index in [1.54, 1.807) is 0 Å². The number of benzene rings is 1. The zero-order valence-corrected chi connectivity index (χ0v) is 8.59. The predicted octanol–water partition coefficient (Wildman–Crippen LogP) is -0.177. The zero-order chi connectivity index (χ0) is 13.4. The molecule has 0 fully saturated rings.